The minimum absolute atomic E-state index is 0.0280. The lowest BCUT2D eigenvalue weighted by Crippen LogP contribution is -2.47. The highest BCUT2D eigenvalue weighted by Crippen LogP contribution is 2.31. The Morgan fingerprint density at radius 1 is 1.00 bits per heavy atom. The first-order valence-electron chi connectivity index (χ1n) is 8.13. The third-order valence-electron chi connectivity index (χ3n) is 3.74. The van der Waals surface area contributed by atoms with E-state index in [1.165, 1.54) is 12.1 Å². The van der Waals surface area contributed by atoms with Crippen LogP contribution in [-0.2, 0) is 9.59 Å². The summed E-state index contributed by atoms with van der Waals surface area (Å²) >= 11 is 0.740. The van der Waals surface area contributed by atoms with Crippen molar-refractivity contribution in [3.05, 3.63) is 70.6 Å². The highest BCUT2D eigenvalue weighted by molar-refractivity contribution is 8.18. The molecule has 1 aliphatic rings. The molecule has 8 nitrogen and oxygen atoms in total. The SMILES string of the molecule is O=C(CN1C(=O)S/C(=C/c2ccccc2)C1=O)NNC(=O)c1ccccc1O. The number of carbonyl (C=O) groups excluding carboxylic acids is 4. The molecule has 0 radical (unpaired) electrons. The number of nitrogens with one attached hydrogen (secondary N) is 2. The van der Waals surface area contributed by atoms with E-state index >= 15 is 0 Å². The number of phenols is 1. The minimum atomic E-state index is -0.757. The van der Waals surface area contributed by atoms with Crippen LogP contribution in [0.1, 0.15) is 15.9 Å². The number of carbonyl (C=O) groups is 4. The monoisotopic (exact) mass is 397 g/mol. The standard InChI is InChI=1S/C19H15N3O5S/c23-14-9-5-4-8-13(14)17(25)21-20-16(24)11-22-18(26)15(28-19(22)27)10-12-6-2-1-3-7-12/h1-10,23H,11H2,(H,20,24)(H,21,25)/b15-10+. The van der Waals surface area contributed by atoms with E-state index in [1.807, 2.05) is 6.07 Å². The molecular formula is C19H15N3O5S. The summed E-state index contributed by atoms with van der Waals surface area (Å²) in [6.07, 6.45) is 1.57. The van der Waals surface area contributed by atoms with Crippen LogP contribution in [0.15, 0.2) is 59.5 Å². The van der Waals surface area contributed by atoms with E-state index < -0.39 is 29.5 Å². The van der Waals surface area contributed by atoms with Crippen molar-refractivity contribution in [3.8, 4) is 5.75 Å². The smallest absolute Gasteiger partial charge is 0.294 e. The molecule has 0 aliphatic carbocycles. The summed E-state index contributed by atoms with van der Waals surface area (Å²) in [6, 6.07) is 14.8. The van der Waals surface area contributed by atoms with E-state index in [-0.39, 0.29) is 16.2 Å². The van der Waals surface area contributed by atoms with Gasteiger partial charge in [0.05, 0.1) is 10.5 Å². The van der Waals surface area contributed by atoms with Crippen LogP contribution < -0.4 is 10.9 Å². The zero-order chi connectivity index (χ0) is 20.1. The molecule has 0 bridgehead atoms. The van der Waals surface area contributed by atoms with Crippen molar-refractivity contribution in [1.82, 2.24) is 15.8 Å². The minimum Gasteiger partial charge on any atom is -0.507 e. The predicted octanol–water partition coefficient (Wildman–Crippen LogP) is 1.89. The fourth-order valence-corrected chi connectivity index (χ4v) is 3.22. The van der Waals surface area contributed by atoms with E-state index in [1.54, 1.807) is 42.5 Å². The summed E-state index contributed by atoms with van der Waals surface area (Å²) in [5.74, 6) is -2.32. The lowest BCUT2D eigenvalue weighted by molar-refractivity contribution is -0.129. The number of rotatable bonds is 4. The lowest BCUT2D eigenvalue weighted by atomic mass is 10.2. The van der Waals surface area contributed by atoms with Crippen LogP contribution in [0.2, 0.25) is 0 Å². The molecule has 0 saturated carbocycles. The van der Waals surface area contributed by atoms with Crippen LogP contribution >= 0.6 is 11.8 Å². The molecule has 0 unspecified atom stereocenters. The van der Waals surface area contributed by atoms with Crippen LogP contribution in [0, 0.1) is 0 Å². The Morgan fingerprint density at radius 3 is 2.39 bits per heavy atom. The van der Waals surface area contributed by atoms with Gasteiger partial charge < -0.3 is 5.11 Å². The molecular weight excluding hydrogens is 382 g/mol. The predicted molar refractivity (Wildman–Crippen MR) is 103 cm³/mol. The normalized spacial score (nSPS) is 15.0. The zero-order valence-corrected chi connectivity index (χ0v) is 15.2. The molecule has 1 aliphatic heterocycles. The van der Waals surface area contributed by atoms with Crippen molar-refractivity contribution in [2.75, 3.05) is 6.54 Å². The Labute approximate surface area is 164 Å². The Balaban J connectivity index is 1.59. The molecule has 3 rings (SSSR count). The zero-order valence-electron chi connectivity index (χ0n) is 14.4. The molecule has 1 fully saturated rings. The fraction of sp³-hybridized carbons (Fsp3) is 0.0526. The van der Waals surface area contributed by atoms with Gasteiger partial charge in [0.15, 0.2) is 0 Å². The van der Waals surface area contributed by atoms with E-state index in [2.05, 4.69) is 10.9 Å². The molecule has 3 N–H and O–H groups in total. The van der Waals surface area contributed by atoms with Crippen LogP contribution in [0.25, 0.3) is 6.08 Å². The summed E-state index contributed by atoms with van der Waals surface area (Å²) in [5.41, 5.74) is 4.97. The second-order valence-electron chi connectivity index (χ2n) is 5.70. The molecule has 4 amide bonds. The van der Waals surface area contributed by atoms with Crippen LogP contribution in [0.4, 0.5) is 4.79 Å². The van der Waals surface area contributed by atoms with E-state index in [4.69, 9.17) is 0 Å². The number of hydrogen-bond acceptors (Lipinski definition) is 6. The number of para-hydroxylation sites is 1. The molecule has 0 atom stereocenters. The van der Waals surface area contributed by atoms with Crippen molar-refractivity contribution in [2.24, 2.45) is 0 Å². The molecule has 142 valence electrons. The Bertz CT molecular complexity index is 975. The Morgan fingerprint density at radius 2 is 1.68 bits per heavy atom. The first kappa shape index (κ1) is 19.2. The van der Waals surface area contributed by atoms with Gasteiger partial charge >= 0.3 is 0 Å². The maximum absolute atomic E-state index is 12.4. The summed E-state index contributed by atoms with van der Waals surface area (Å²) in [6.45, 7) is -0.544. The number of nitrogens with zero attached hydrogens (tertiary/aromatic N) is 1. The molecule has 2 aromatic rings. The summed E-state index contributed by atoms with van der Waals surface area (Å²) in [7, 11) is 0. The van der Waals surface area contributed by atoms with Crippen LogP contribution in [-0.4, -0.2) is 39.5 Å². The van der Waals surface area contributed by atoms with Gasteiger partial charge in [-0.1, -0.05) is 42.5 Å². The number of phenolic OH excluding ortho intramolecular Hbond substituents is 1. The molecule has 2 aromatic carbocycles. The van der Waals surface area contributed by atoms with Gasteiger partial charge in [-0.2, -0.15) is 0 Å². The highest BCUT2D eigenvalue weighted by atomic mass is 32.2. The van der Waals surface area contributed by atoms with Gasteiger partial charge in [-0.15, -0.1) is 0 Å². The third-order valence-corrected chi connectivity index (χ3v) is 4.64. The summed E-state index contributed by atoms with van der Waals surface area (Å²) in [5, 5.41) is 9.04. The fourth-order valence-electron chi connectivity index (χ4n) is 2.38. The molecule has 28 heavy (non-hydrogen) atoms. The number of aromatic hydroxyl groups is 1. The topological polar surface area (TPSA) is 116 Å². The second-order valence-corrected chi connectivity index (χ2v) is 6.69. The van der Waals surface area contributed by atoms with Gasteiger partial charge in [0.2, 0.25) is 0 Å². The van der Waals surface area contributed by atoms with Gasteiger partial charge in [-0.25, -0.2) is 0 Å². The third kappa shape index (κ3) is 4.38. The summed E-state index contributed by atoms with van der Waals surface area (Å²) in [4.78, 5) is 49.4. The van der Waals surface area contributed by atoms with Gasteiger partial charge in [-0.3, -0.25) is 34.9 Å². The van der Waals surface area contributed by atoms with Crippen molar-refractivity contribution < 1.29 is 24.3 Å². The van der Waals surface area contributed by atoms with Crippen molar-refractivity contribution in [1.29, 1.82) is 0 Å². The van der Waals surface area contributed by atoms with E-state index in [9.17, 15) is 24.3 Å². The van der Waals surface area contributed by atoms with Gasteiger partial charge in [-0.05, 0) is 35.5 Å². The number of thioether (sulfide) groups is 1. The highest BCUT2D eigenvalue weighted by Gasteiger charge is 2.36. The van der Waals surface area contributed by atoms with Gasteiger partial charge in [0.25, 0.3) is 23.0 Å². The maximum Gasteiger partial charge on any atom is 0.294 e. The number of hydrogen-bond donors (Lipinski definition) is 3. The average Bonchev–Trinajstić information content (AvgIpc) is 2.94. The Hall–Kier alpha value is -3.59. The first-order valence-corrected chi connectivity index (χ1v) is 8.95. The van der Waals surface area contributed by atoms with Gasteiger partial charge in [0, 0.05) is 0 Å². The van der Waals surface area contributed by atoms with Crippen molar-refractivity contribution in [3.63, 3.8) is 0 Å². The average molecular weight is 397 g/mol. The molecule has 1 saturated heterocycles. The van der Waals surface area contributed by atoms with Gasteiger partial charge in [0.1, 0.15) is 12.3 Å². The molecule has 9 heteroatoms. The maximum atomic E-state index is 12.4. The first-order chi connectivity index (χ1) is 13.5. The number of hydrazine groups is 1. The quantitative estimate of drug-likeness (QED) is 0.536. The van der Waals surface area contributed by atoms with E-state index in [0.29, 0.717) is 0 Å². The van der Waals surface area contributed by atoms with E-state index in [0.717, 1.165) is 22.2 Å². The molecule has 0 aromatic heterocycles. The van der Waals surface area contributed by atoms with Crippen LogP contribution in [0.5, 0.6) is 5.75 Å². The number of benzene rings is 2. The molecule has 0 spiro atoms. The number of imide groups is 1. The van der Waals surface area contributed by atoms with Crippen molar-refractivity contribution >= 4 is 40.8 Å². The largest absolute Gasteiger partial charge is 0.507 e. The number of amides is 4. The second kappa shape index (κ2) is 8.40. The lowest BCUT2D eigenvalue weighted by Gasteiger charge is -2.13. The molecule has 1 heterocycles. The summed E-state index contributed by atoms with van der Waals surface area (Å²) < 4.78 is 0. The van der Waals surface area contributed by atoms with Crippen LogP contribution in [0.3, 0.4) is 0 Å². The van der Waals surface area contributed by atoms with Crippen molar-refractivity contribution in [2.45, 2.75) is 0 Å². The Kier molecular flexibility index (Phi) is 5.75.